The topological polar surface area (TPSA) is 3.24 Å². The minimum Gasteiger partial charge on any atom is -0.448 e. The van der Waals surface area contributed by atoms with E-state index < -0.39 is 13.4 Å². The maximum absolute atomic E-state index is 12.4. The van der Waals surface area contributed by atoms with Crippen molar-refractivity contribution in [3.05, 3.63) is 29.8 Å². The minimum absolute atomic E-state index is 0. The average molecular weight is 253 g/mol. The molecule has 6 heteroatoms. The zero-order valence-electron chi connectivity index (χ0n) is 9.30. The molecule has 0 unspecified atom stereocenters. The number of hydrogen-bond donors (Lipinski definition) is 0. The van der Waals surface area contributed by atoms with Gasteiger partial charge in [0.1, 0.15) is 0 Å². The first-order valence-electron chi connectivity index (χ1n) is 5.10. The van der Waals surface area contributed by atoms with Crippen LogP contribution in [0.3, 0.4) is 0 Å². The van der Waals surface area contributed by atoms with E-state index in [1.165, 1.54) is 4.90 Å². The maximum atomic E-state index is 12.4. The van der Waals surface area contributed by atoms with Gasteiger partial charge in [0.2, 0.25) is 0 Å². The van der Waals surface area contributed by atoms with Gasteiger partial charge in [0, 0.05) is 12.2 Å². The van der Waals surface area contributed by atoms with Crippen molar-refractivity contribution in [3.8, 4) is 0 Å². The molecular weight excluding hydrogens is 241 g/mol. The zero-order chi connectivity index (χ0) is 10.9. The van der Waals surface area contributed by atoms with Crippen molar-refractivity contribution in [2.24, 2.45) is 0 Å². The molecular formula is C10H12BF3KN. The summed E-state index contributed by atoms with van der Waals surface area (Å²) in [6, 6.07) is 7.35. The molecule has 82 valence electrons. The number of fused-ring (bicyclic) bond motifs is 1. The van der Waals surface area contributed by atoms with Crippen LogP contribution in [-0.4, -0.2) is 20.0 Å². The molecule has 0 bridgehead atoms. The van der Waals surface area contributed by atoms with E-state index in [4.69, 9.17) is 0 Å². The van der Waals surface area contributed by atoms with Gasteiger partial charge in [-0.2, -0.15) is 0 Å². The van der Waals surface area contributed by atoms with Crippen LogP contribution in [-0.2, 0) is 6.42 Å². The van der Waals surface area contributed by atoms with Gasteiger partial charge in [-0.3, -0.25) is 0 Å². The largest absolute Gasteiger partial charge is 1.00 e. The van der Waals surface area contributed by atoms with E-state index in [0.29, 0.717) is 6.54 Å². The van der Waals surface area contributed by atoms with Crippen molar-refractivity contribution in [1.29, 1.82) is 0 Å². The molecule has 1 aromatic carbocycles. The Morgan fingerprint density at radius 1 is 1.19 bits per heavy atom. The standard InChI is InChI=1S/C10H12BF3N.K/c12-11(13,14)8-15-7-3-5-9-4-1-2-6-10(9)15;/h1-2,4,6H,3,5,7-8H2;/q-1;+1. The van der Waals surface area contributed by atoms with Crippen LogP contribution in [0.4, 0.5) is 18.6 Å². The quantitative estimate of drug-likeness (QED) is 0.661. The summed E-state index contributed by atoms with van der Waals surface area (Å²) >= 11 is 0. The Balaban J connectivity index is 0.00000128. The summed E-state index contributed by atoms with van der Waals surface area (Å²) < 4.78 is 37.1. The van der Waals surface area contributed by atoms with Gasteiger partial charge >= 0.3 is 58.4 Å². The first-order valence-corrected chi connectivity index (χ1v) is 5.10. The first kappa shape index (κ1) is 14.6. The fourth-order valence-corrected chi connectivity index (χ4v) is 2.05. The Morgan fingerprint density at radius 3 is 2.56 bits per heavy atom. The Morgan fingerprint density at radius 2 is 1.88 bits per heavy atom. The van der Waals surface area contributed by atoms with Gasteiger partial charge in [0.25, 0.3) is 0 Å². The summed E-state index contributed by atoms with van der Waals surface area (Å²) in [5.74, 6) is 0. The second-order valence-electron chi connectivity index (χ2n) is 3.89. The fraction of sp³-hybridized carbons (Fsp3) is 0.400. The predicted octanol–water partition coefficient (Wildman–Crippen LogP) is -0.170. The van der Waals surface area contributed by atoms with Gasteiger partial charge in [-0.1, -0.05) is 18.2 Å². The first-order chi connectivity index (χ1) is 7.06. The molecule has 1 nitrogen and oxygen atoms in total. The van der Waals surface area contributed by atoms with Crippen molar-refractivity contribution in [1.82, 2.24) is 0 Å². The van der Waals surface area contributed by atoms with E-state index in [1.807, 2.05) is 12.1 Å². The van der Waals surface area contributed by atoms with E-state index in [9.17, 15) is 12.9 Å². The third-order valence-electron chi connectivity index (χ3n) is 2.63. The summed E-state index contributed by atoms with van der Waals surface area (Å²) in [6.45, 7) is -4.22. The SMILES string of the molecule is F[B-](F)(F)CN1CCCc2ccccc21.[K+]. The Bertz CT molecular complexity index is 356. The molecule has 0 aliphatic carbocycles. The van der Waals surface area contributed by atoms with Crippen LogP contribution in [0.25, 0.3) is 0 Å². The number of aryl methyl sites for hydroxylation is 1. The number of halogens is 3. The van der Waals surface area contributed by atoms with E-state index in [-0.39, 0.29) is 51.4 Å². The summed E-state index contributed by atoms with van der Waals surface area (Å²) in [6.07, 6.45) is 0.914. The van der Waals surface area contributed by atoms with Crippen LogP contribution in [0.15, 0.2) is 24.3 Å². The van der Waals surface area contributed by atoms with Gasteiger partial charge in [0.15, 0.2) is 0 Å². The van der Waals surface area contributed by atoms with Gasteiger partial charge in [-0.05, 0) is 30.9 Å². The number of rotatable bonds is 2. The molecule has 0 aromatic heterocycles. The Kier molecular flexibility index (Phi) is 5.38. The molecule has 0 saturated heterocycles. The van der Waals surface area contributed by atoms with Gasteiger partial charge in [-0.25, -0.2) is 0 Å². The van der Waals surface area contributed by atoms with Crippen molar-refractivity contribution < 1.29 is 64.3 Å². The molecule has 1 aliphatic heterocycles. The third-order valence-corrected chi connectivity index (χ3v) is 2.63. The molecule has 0 radical (unpaired) electrons. The van der Waals surface area contributed by atoms with Crippen LogP contribution in [0, 0.1) is 0 Å². The van der Waals surface area contributed by atoms with Crippen LogP contribution in [0.1, 0.15) is 12.0 Å². The molecule has 1 heterocycles. The molecule has 0 atom stereocenters. The fourth-order valence-electron chi connectivity index (χ4n) is 2.05. The van der Waals surface area contributed by atoms with Crippen LogP contribution >= 0.6 is 0 Å². The zero-order valence-corrected chi connectivity index (χ0v) is 12.4. The Hall–Kier alpha value is 0.511. The molecule has 0 spiro atoms. The molecule has 0 fully saturated rings. The molecule has 2 rings (SSSR count). The van der Waals surface area contributed by atoms with E-state index in [2.05, 4.69) is 0 Å². The van der Waals surface area contributed by atoms with Crippen molar-refractivity contribution >= 4 is 12.7 Å². The van der Waals surface area contributed by atoms with E-state index >= 15 is 0 Å². The molecule has 1 aliphatic rings. The van der Waals surface area contributed by atoms with E-state index in [1.54, 1.807) is 12.1 Å². The summed E-state index contributed by atoms with van der Waals surface area (Å²) in [4.78, 5) is 1.44. The molecule has 0 N–H and O–H groups in total. The number of anilines is 1. The second-order valence-corrected chi connectivity index (χ2v) is 3.89. The van der Waals surface area contributed by atoms with Crippen LogP contribution in [0.5, 0.6) is 0 Å². The normalized spacial score (nSPS) is 15.3. The van der Waals surface area contributed by atoms with Gasteiger partial charge < -0.3 is 17.8 Å². The number of hydrogen-bond acceptors (Lipinski definition) is 1. The predicted molar refractivity (Wildman–Crippen MR) is 56.1 cm³/mol. The second kappa shape index (κ2) is 5.91. The number of nitrogens with zero attached hydrogens (tertiary/aromatic N) is 1. The minimum atomic E-state index is -4.74. The smallest absolute Gasteiger partial charge is 0.448 e. The Labute approximate surface area is 136 Å². The van der Waals surface area contributed by atoms with Gasteiger partial charge in [0.05, 0.1) is 0 Å². The van der Waals surface area contributed by atoms with Crippen LogP contribution in [0.2, 0.25) is 0 Å². The van der Waals surface area contributed by atoms with Crippen molar-refractivity contribution in [3.63, 3.8) is 0 Å². The molecule has 16 heavy (non-hydrogen) atoms. The summed E-state index contributed by atoms with van der Waals surface area (Å²) in [5.41, 5.74) is 1.78. The molecule has 1 aromatic rings. The average Bonchev–Trinajstić information content (AvgIpc) is 2.16. The van der Waals surface area contributed by atoms with Gasteiger partial charge in [-0.15, -0.1) is 0 Å². The molecule has 0 saturated carbocycles. The van der Waals surface area contributed by atoms with Crippen LogP contribution < -0.4 is 56.3 Å². The summed E-state index contributed by atoms with van der Waals surface area (Å²) in [5, 5.41) is 0. The van der Waals surface area contributed by atoms with Crippen molar-refractivity contribution in [2.45, 2.75) is 12.8 Å². The molecule has 0 amide bonds. The number of benzene rings is 1. The monoisotopic (exact) mass is 253 g/mol. The number of para-hydroxylation sites is 1. The summed E-state index contributed by atoms with van der Waals surface area (Å²) in [7, 11) is 0. The maximum Gasteiger partial charge on any atom is 1.00 e. The third kappa shape index (κ3) is 3.77. The van der Waals surface area contributed by atoms with E-state index in [0.717, 1.165) is 24.1 Å². The van der Waals surface area contributed by atoms with Crippen molar-refractivity contribution in [2.75, 3.05) is 17.9 Å².